The highest BCUT2D eigenvalue weighted by molar-refractivity contribution is 7.86. The van der Waals surface area contributed by atoms with Crippen LogP contribution in [-0.4, -0.2) is 14.7 Å². The van der Waals surface area contributed by atoms with E-state index in [1.54, 1.807) is 12.1 Å². The number of rotatable bonds is 5. The van der Waals surface area contributed by atoms with Gasteiger partial charge in [-0.1, -0.05) is 43.3 Å². The summed E-state index contributed by atoms with van der Waals surface area (Å²) in [7, 11) is -3.66. The highest BCUT2D eigenvalue weighted by atomic mass is 32.2. The van der Waals surface area contributed by atoms with Crippen molar-refractivity contribution < 1.29 is 12.6 Å². The minimum Gasteiger partial charge on any atom is -0.382 e. The van der Waals surface area contributed by atoms with E-state index in [0.717, 1.165) is 23.8 Å². The summed E-state index contributed by atoms with van der Waals surface area (Å²) in [5.74, 6) is 0.218. The Balaban J connectivity index is 2.66. The molecule has 5 heteroatoms. The van der Waals surface area contributed by atoms with Crippen LogP contribution in [0, 0.1) is 11.3 Å². The van der Waals surface area contributed by atoms with Gasteiger partial charge in [-0.15, -0.1) is 0 Å². The van der Waals surface area contributed by atoms with Crippen molar-refractivity contribution in [2.45, 2.75) is 13.3 Å². The predicted molar refractivity (Wildman–Crippen MR) is 90.4 cm³/mol. The molecule has 0 aliphatic rings. The molecule has 0 radical (unpaired) electrons. The van der Waals surface area contributed by atoms with E-state index in [9.17, 15) is 8.42 Å². The maximum absolute atomic E-state index is 11.5. The van der Waals surface area contributed by atoms with Gasteiger partial charge in [0, 0.05) is 5.56 Å². The molecule has 0 bridgehead atoms. The van der Waals surface area contributed by atoms with Gasteiger partial charge < -0.3 is 4.18 Å². The van der Waals surface area contributed by atoms with E-state index in [2.05, 4.69) is 6.07 Å². The van der Waals surface area contributed by atoms with Gasteiger partial charge in [0.05, 0.1) is 17.9 Å². The van der Waals surface area contributed by atoms with E-state index in [4.69, 9.17) is 9.44 Å². The first-order valence-electron chi connectivity index (χ1n) is 7.14. The zero-order chi connectivity index (χ0) is 16.9. The van der Waals surface area contributed by atoms with Gasteiger partial charge >= 0.3 is 10.1 Å². The summed E-state index contributed by atoms with van der Waals surface area (Å²) in [5, 5.41) is 9.14. The number of nitrogens with zero attached hydrogens (tertiary/aromatic N) is 1. The molecule has 0 saturated carbocycles. The highest BCUT2D eigenvalue weighted by Crippen LogP contribution is 2.33. The summed E-state index contributed by atoms with van der Waals surface area (Å²) in [5.41, 5.74) is 2.80. The predicted octanol–water partition coefficient (Wildman–Crippen LogP) is 3.74. The Kier molecular flexibility index (Phi) is 5.20. The second kappa shape index (κ2) is 7.12. The molecule has 2 aromatic rings. The van der Waals surface area contributed by atoms with E-state index in [1.807, 2.05) is 43.3 Å². The zero-order valence-corrected chi connectivity index (χ0v) is 13.8. The molecule has 0 aliphatic carbocycles. The maximum Gasteiger partial charge on any atom is 0.306 e. The van der Waals surface area contributed by atoms with Gasteiger partial charge in [-0.05, 0) is 35.8 Å². The first-order chi connectivity index (χ1) is 10.9. The molecule has 2 aromatic carbocycles. The van der Waals surface area contributed by atoms with E-state index >= 15 is 0 Å². The fourth-order valence-electron chi connectivity index (χ4n) is 2.25. The number of hydrogen-bond acceptors (Lipinski definition) is 4. The lowest BCUT2D eigenvalue weighted by atomic mass is 9.95. The zero-order valence-electron chi connectivity index (χ0n) is 13.0. The lowest BCUT2D eigenvalue weighted by Gasteiger charge is -2.14. The van der Waals surface area contributed by atoms with Gasteiger partial charge in [-0.2, -0.15) is 13.7 Å². The molecule has 0 atom stereocenters. The van der Waals surface area contributed by atoms with Crippen molar-refractivity contribution in [2.75, 3.05) is 6.26 Å². The fraction of sp³-hybridized carbons (Fsp3) is 0.167. The first-order valence-corrected chi connectivity index (χ1v) is 8.96. The van der Waals surface area contributed by atoms with E-state index in [0.29, 0.717) is 11.1 Å². The van der Waals surface area contributed by atoms with Gasteiger partial charge in [-0.25, -0.2) is 0 Å². The van der Waals surface area contributed by atoms with E-state index in [1.165, 1.54) is 6.07 Å². The SMILES string of the molecule is CC/C=C(\c1ccccc1)c1cc(C#N)ccc1OS(C)(=O)=O. The van der Waals surface area contributed by atoms with Crippen LogP contribution in [0.25, 0.3) is 5.57 Å². The van der Waals surface area contributed by atoms with Crippen LogP contribution in [0.4, 0.5) is 0 Å². The summed E-state index contributed by atoms with van der Waals surface area (Å²) >= 11 is 0. The summed E-state index contributed by atoms with van der Waals surface area (Å²) in [4.78, 5) is 0. The van der Waals surface area contributed by atoms with Crippen LogP contribution >= 0.6 is 0 Å². The number of nitriles is 1. The lowest BCUT2D eigenvalue weighted by molar-refractivity contribution is 0.492. The van der Waals surface area contributed by atoms with Crippen molar-refractivity contribution in [1.82, 2.24) is 0 Å². The molecule has 4 nitrogen and oxygen atoms in total. The Morgan fingerprint density at radius 1 is 1.22 bits per heavy atom. The molecule has 0 amide bonds. The molecule has 0 unspecified atom stereocenters. The number of hydrogen-bond donors (Lipinski definition) is 0. The molecule has 0 saturated heterocycles. The van der Waals surface area contributed by atoms with Gasteiger partial charge in [0.1, 0.15) is 0 Å². The molecule has 0 N–H and O–H groups in total. The lowest BCUT2D eigenvalue weighted by Crippen LogP contribution is -2.08. The third kappa shape index (κ3) is 4.44. The quantitative estimate of drug-likeness (QED) is 0.785. The van der Waals surface area contributed by atoms with E-state index < -0.39 is 10.1 Å². The van der Waals surface area contributed by atoms with E-state index in [-0.39, 0.29) is 5.75 Å². The van der Waals surface area contributed by atoms with Gasteiger partial charge in [0.25, 0.3) is 0 Å². The first kappa shape index (κ1) is 16.8. The largest absolute Gasteiger partial charge is 0.382 e. The number of benzene rings is 2. The number of allylic oxidation sites excluding steroid dienone is 1. The Morgan fingerprint density at radius 2 is 1.91 bits per heavy atom. The van der Waals surface area contributed by atoms with Crippen LogP contribution in [0.5, 0.6) is 5.75 Å². The second-order valence-electron chi connectivity index (χ2n) is 5.00. The third-order valence-electron chi connectivity index (χ3n) is 3.13. The molecule has 0 fully saturated rings. The van der Waals surface area contributed by atoms with Gasteiger partial charge in [0.15, 0.2) is 5.75 Å². The van der Waals surface area contributed by atoms with Crippen molar-refractivity contribution in [3.05, 3.63) is 71.3 Å². The molecule has 118 valence electrons. The molecule has 2 rings (SSSR count). The van der Waals surface area contributed by atoms with Crippen molar-refractivity contribution >= 4 is 15.7 Å². The molecule has 0 aliphatic heterocycles. The summed E-state index contributed by atoms with van der Waals surface area (Å²) in [6.07, 6.45) is 3.75. The molecule has 0 spiro atoms. The van der Waals surface area contributed by atoms with Crippen LogP contribution in [0.1, 0.15) is 30.0 Å². The standard InChI is InChI=1S/C18H17NO3S/c1-3-7-16(15-8-5-4-6-9-15)17-12-14(13-19)10-11-18(17)22-23(2,20)21/h4-12H,3H2,1-2H3/b16-7+. The average molecular weight is 327 g/mol. The third-order valence-corrected chi connectivity index (χ3v) is 3.62. The normalized spacial score (nSPS) is 11.8. The minimum atomic E-state index is -3.66. The second-order valence-corrected chi connectivity index (χ2v) is 6.58. The average Bonchev–Trinajstić information content (AvgIpc) is 2.53. The summed E-state index contributed by atoms with van der Waals surface area (Å²) in [6, 6.07) is 16.4. The molecule has 0 heterocycles. The van der Waals surface area contributed by atoms with Crippen molar-refractivity contribution in [2.24, 2.45) is 0 Å². The topological polar surface area (TPSA) is 67.2 Å². The van der Waals surface area contributed by atoms with Crippen molar-refractivity contribution in [3.63, 3.8) is 0 Å². The minimum absolute atomic E-state index is 0.218. The van der Waals surface area contributed by atoms with Crippen molar-refractivity contribution in [3.8, 4) is 11.8 Å². The Hall–Kier alpha value is -2.58. The Labute approximate surface area is 136 Å². The molecule has 23 heavy (non-hydrogen) atoms. The monoisotopic (exact) mass is 327 g/mol. The molecular formula is C18H17NO3S. The summed E-state index contributed by atoms with van der Waals surface area (Å²) in [6.45, 7) is 1.99. The maximum atomic E-state index is 11.5. The van der Waals surface area contributed by atoms with Crippen LogP contribution in [-0.2, 0) is 10.1 Å². The molecular weight excluding hydrogens is 310 g/mol. The summed E-state index contributed by atoms with van der Waals surface area (Å²) < 4.78 is 28.1. The van der Waals surface area contributed by atoms with Crippen LogP contribution in [0.15, 0.2) is 54.6 Å². The molecule has 0 aromatic heterocycles. The van der Waals surface area contributed by atoms with Crippen LogP contribution < -0.4 is 4.18 Å². The fourth-order valence-corrected chi connectivity index (χ4v) is 2.72. The van der Waals surface area contributed by atoms with Crippen molar-refractivity contribution in [1.29, 1.82) is 5.26 Å². The van der Waals surface area contributed by atoms with Gasteiger partial charge in [0.2, 0.25) is 0 Å². The smallest absolute Gasteiger partial charge is 0.306 e. The highest BCUT2D eigenvalue weighted by Gasteiger charge is 2.15. The Morgan fingerprint density at radius 3 is 2.48 bits per heavy atom. The van der Waals surface area contributed by atoms with Gasteiger partial charge in [-0.3, -0.25) is 0 Å². The van der Waals surface area contributed by atoms with Crippen LogP contribution in [0.2, 0.25) is 0 Å². The Bertz CT molecular complexity index is 863. The van der Waals surface area contributed by atoms with Crippen LogP contribution in [0.3, 0.4) is 0 Å².